The molecule has 4 rings (SSSR count). The summed E-state index contributed by atoms with van der Waals surface area (Å²) in [5.74, 6) is 0.857. The van der Waals surface area contributed by atoms with Crippen LogP contribution >= 0.6 is 27.3 Å². The molecule has 1 aliphatic heterocycles. The molecule has 0 atom stereocenters. The number of nitrogens with zero attached hydrogens (tertiary/aromatic N) is 2. The molecule has 0 saturated carbocycles. The summed E-state index contributed by atoms with van der Waals surface area (Å²) in [5.41, 5.74) is 6.40. The number of thiazole rings is 1. The van der Waals surface area contributed by atoms with E-state index in [1.165, 1.54) is 16.7 Å². The third-order valence-electron chi connectivity index (χ3n) is 5.99. The van der Waals surface area contributed by atoms with Gasteiger partial charge in [-0.15, -0.1) is 11.3 Å². The Bertz CT molecular complexity index is 1220. The molecule has 0 bridgehead atoms. The Labute approximate surface area is 220 Å². The second kappa shape index (κ2) is 10.7. The Kier molecular flexibility index (Phi) is 7.86. The average Bonchev–Trinajstić information content (AvgIpc) is 3.22. The van der Waals surface area contributed by atoms with Crippen molar-refractivity contribution in [3.05, 3.63) is 58.1 Å². The number of carbonyl (C=O) groups excluding carboxylic acids is 1. The molecule has 3 aromatic rings. The molecule has 186 valence electrons. The highest BCUT2D eigenvalue weighted by Gasteiger charge is 2.29. The predicted molar refractivity (Wildman–Crippen MR) is 147 cm³/mol. The van der Waals surface area contributed by atoms with Gasteiger partial charge in [0.05, 0.1) is 24.4 Å². The third-order valence-corrected chi connectivity index (χ3v) is 7.65. The van der Waals surface area contributed by atoms with E-state index in [1.54, 1.807) is 16.2 Å². The molecule has 0 saturated heterocycles. The molecule has 0 fully saturated rings. The summed E-state index contributed by atoms with van der Waals surface area (Å²) in [6.45, 7) is 11.8. The van der Waals surface area contributed by atoms with E-state index in [0.29, 0.717) is 19.7 Å². The van der Waals surface area contributed by atoms with Crippen LogP contribution in [0.3, 0.4) is 0 Å². The van der Waals surface area contributed by atoms with Crippen LogP contribution in [0.4, 0.5) is 4.79 Å². The predicted octanol–water partition coefficient (Wildman–Crippen LogP) is 7.55. The lowest BCUT2D eigenvalue weighted by Crippen LogP contribution is -2.39. The molecule has 0 spiro atoms. The number of carbonyl (C=O) groups is 1. The van der Waals surface area contributed by atoms with E-state index in [4.69, 9.17) is 14.5 Å². The van der Waals surface area contributed by atoms with Gasteiger partial charge in [0.25, 0.3) is 0 Å². The maximum Gasteiger partial charge on any atom is 0.410 e. The van der Waals surface area contributed by atoms with Crippen LogP contribution in [-0.2, 0) is 17.7 Å². The van der Waals surface area contributed by atoms with Gasteiger partial charge in [-0.1, -0.05) is 46.3 Å². The van der Waals surface area contributed by atoms with Crippen LogP contribution in [0.25, 0.3) is 21.7 Å². The number of halogens is 1. The molecule has 1 aliphatic rings. The van der Waals surface area contributed by atoms with Gasteiger partial charge in [-0.05, 0) is 69.4 Å². The van der Waals surface area contributed by atoms with Crippen molar-refractivity contribution < 1.29 is 14.3 Å². The quantitative estimate of drug-likeness (QED) is 0.232. The number of benzene rings is 2. The van der Waals surface area contributed by atoms with Crippen LogP contribution in [0.5, 0.6) is 5.75 Å². The van der Waals surface area contributed by atoms with Gasteiger partial charge in [0.1, 0.15) is 16.4 Å². The number of ether oxygens (including phenoxy) is 2. The maximum atomic E-state index is 12.7. The van der Waals surface area contributed by atoms with Crippen molar-refractivity contribution in [2.45, 2.75) is 59.6 Å². The van der Waals surface area contributed by atoms with E-state index < -0.39 is 5.60 Å². The van der Waals surface area contributed by atoms with Crippen molar-refractivity contribution in [2.75, 3.05) is 18.5 Å². The van der Waals surface area contributed by atoms with Gasteiger partial charge in [-0.3, -0.25) is 0 Å². The van der Waals surface area contributed by atoms with Crippen LogP contribution in [0, 0.1) is 13.8 Å². The Hall–Kier alpha value is -2.38. The lowest BCUT2D eigenvalue weighted by molar-refractivity contribution is 0.0225. The highest BCUT2D eigenvalue weighted by molar-refractivity contribution is 9.09. The van der Waals surface area contributed by atoms with E-state index in [2.05, 4.69) is 66.2 Å². The summed E-state index contributed by atoms with van der Waals surface area (Å²) in [4.78, 5) is 20.6. The summed E-state index contributed by atoms with van der Waals surface area (Å²) in [6, 6.07) is 12.7. The zero-order valence-electron chi connectivity index (χ0n) is 21.1. The first-order valence-electron chi connectivity index (χ1n) is 12.0. The molecule has 0 N–H and O–H groups in total. The van der Waals surface area contributed by atoms with Crippen LogP contribution < -0.4 is 4.74 Å². The molecular formula is C28H33BrN2O3S. The Morgan fingerprint density at radius 1 is 1.14 bits per heavy atom. The number of fused-ring (bicyclic) bond motifs is 1. The van der Waals surface area contributed by atoms with Crippen molar-refractivity contribution in [1.29, 1.82) is 0 Å². The van der Waals surface area contributed by atoms with E-state index in [9.17, 15) is 4.79 Å². The Morgan fingerprint density at radius 3 is 2.63 bits per heavy atom. The van der Waals surface area contributed by atoms with Crippen LogP contribution in [0.15, 0.2) is 36.4 Å². The molecule has 0 unspecified atom stereocenters. The van der Waals surface area contributed by atoms with Crippen molar-refractivity contribution >= 4 is 33.4 Å². The standard InChI is InChI=1S/C28H33BrN2O3S/c1-18-9-6-7-10-20(18)21-11-12-23(33-16-8-14-29)25(19(21)2)26-30-22-13-15-31(17-24(22)35-26)27(32)34-28(3,4)5/h6-7,9-12H,8,13-17H2,1-5H3. The molecule has 2 heterocycles. The number of rotatable bonds is 6. The van der Waals surface area contributed by atoms with Gasteiger partial charge in [0.2, 0.25) is 0 Å². The zero-order valence-corrected chi connectivity index (χ0v) is 23.5. The van der Waals surface area contributed by atoms with Gasteiger partial charge in [-0.2, -0.15) is 0 Å². The van der Waals surface area contributed by atoms with Crippen molar-refractivity contribution in [1.82, 2.24) is 9.88 Å². The van der Waals surface area contributed by atoms with Gasteiger partial charge in [0, 0.05) is 23.2 Å². The minimum absolute atomic E-state index is 0.269. The largest absolute Gasteiger partial charge is 0.493 e. The van der Waals surface area contributed by atoms with E-state index in [-0.39, 0.29) is 6.09 Å². The lowest BCUT2D eigenvalue weighted by Gasteiger charge is -2.29. The fraction of sp³-hybridized carbons (Fsp3) is 0.429. The molecule has 7 heteroatoms. The normalized spacial score (nSPS) is 13.5. The molecule has 2 aromatic carbocycles. The van der Waals surface area contributed by atoms with Gasteiger partial charge in [-0.25, -0.2) is 9.78 Å². The Morgan fingerprint density at radius 2 is 1.91 bits per heavy atom. The molecular weight excluding hydrogens is 524 g/mol. The molecule has 1 amide bonds. The topological polar surface area (TPSA) is 51.7 Å². The number of aryl methyl sites for hydroxylation is 1. The molecule has 1 aromatic heterocycles. The van der Waals surface area contributed by atoms with E-state index >= 15 is 0 Å². The molecule has 35 heavy (non-hydrogen) atoms. The average molecular weight is 558 g/mol. The minimum atomic E-state index is -0.509. The van der Waals surface area contributed by atoms with Gasteiger partial charge < -0.3 is 14.4 Å². The summed E-state index contributed by atoms with van der Waals surface area (Å²) in [7, 11) is 0. The van der Waals surface area contributed by atoms with Crippen LogP contribution in [0.1, 0.15) is 48.9 Å². The number of hydrogen-bond acceptors (Lipinski definition) is 5. The molecule has 0 radical (unpaired) electrons. The summed E-state index contributed by atoms with van der Waals surface area (Å²) >= 11 is 5.15. The van der Waals surface area contributed by atoms with Crippen molar-refractivity contribution in [3.63, 3.8) is 0 Å². The van der Waals surface area contributed by atoms with E-state index in [1.807, 2.05) is 20.8 Å². The number of alkyl halides is 1. The number of amides is 1. The first-order chi connectivity index (χ1) is 16.7. The van der Waals surface area contributed by atoms with Crippen LogP contribution in [-0.4, -0.2) is 40.1 Å². The molecule has 5 nitrogen and oxygen atoms in total. The lowest BCUT2D eigenvalue weighted by atomic mass is 9.93. The summed E-state index contributed by atoms with van der Waals surface area (Å²) < 4.78 is 11.8. The van der Waals surface area contributed by atoms with Gasteiger partial charge in [0.15, 0.2) is 0 Å². The smallest absolute Gasteiger partial charge is 0.410 e. The minimum Gasteiger partial charge on any atom is -0.493 e. The fourth-order valence-corrected chi connectivity index (χ4v) is 5.72. The molecule has 0 aliphatic carbocycles. The maximum absolute atomic E-state index is 12.7. The highest BCUT2D eigenvalue weighted by atomic mass is 79.9. The Balaban J connectivity index is 1.72. The second-order valence-corrected chi connectivity index (χ2v) is 11.7. The fourth-order valence-electron chi connectivity index (χ4n) is 4.26. The zero-order chi connectivity index (χ0) is 25.2. The monoisotopic (exact) mass is 556 g/mol. The number of hydrogen-bond donors (Lipinski definition) is 0. The first-order valence-corrected chi connectivity index (χ1v) is 14.0. The second-order valence-electron chi connectivity index (χ2n) is 9.86. The first kappa shape index (κ1) is 25.7. The van der Waals surface area contributed by atoms with Crippen LogP contribution in [0.2, 0.25) is 0 Å². The highest BCUT2D eigenvalue weighted by Crippen LogP contribution is 2.42. The van der Waals surface area contributed by atoms with E-state index in [0.717, 1.165) is 50.6 Å². The van der Waals surface area contributed by atoms with Gasteiger partial charge >= 0.3 is 6.09 Å². The third kappa shape index (κ3) is 5.89. The van der Waals surface area contributed by atoms with Crippen molar-refractivity contribution in [2.24, 2.45) is 0 Å². The summed E-state index contributed by atoms with van der Waals surface area (Å²) in [6.07, 6.45) is 1.38. The number of aromatic nitrogens is 1. The summed E-state index contributed by atoms with van der Waals surface area (Å²) in [5, 5.41) is 1.84. The van der Waals surface area contributed by atoms with Crippen molar-refractivity contribution in [3.8, 4) is 27.4 Å². The SMILES string of the molecule is Cc1ccccc1-c1ccc(OCCCBr)c(-c2nc3c(s2)CN(C(=O)OC(C)(C)C)CC3)c1C.